The van der Waals surface area contributed by atoms with Crippen molar-refractivity contribution < 1.29 is 37.9 Å². The number of ether oxygens (including phenoxy) is 1. The lowest BCUT2D eigenvalue weighted by Crippen LogP contribution is -2.54. The van der Waals surface area contributed by atoms with Gasteiger partial charge in [0, 0.05) is 95.0 Å². The van der Waals surface area contributed by atoms with Crippen LogP contribution in [-0.2, 0) is 25.7 Å². The normalized spacial score (nSPS) is 22.4. The van der Waals surface area contributed by atoms with E-state index in [-0.39, 0.29) is 54.0 Å². The fraction of sp³-hybridized carbons (Fsp3) is 0.489. The number of hydrogen-bond donors (Lipinski definition) is 1. The zero-order valence-electron chi connectivity index (χ0n) is 35.8. The number of benzene rings is 3. The second-order valence-electron chi connectivity index (χ2n) is 17.6. The van der Waals surface area contributed by atoms with E-state index < -0.39 is 29.7 Å². The van der Waals surface area contributed by atoms with Crippen molar-refractivity contribution in [1.29, 1.82) is 0 Å². The van der Waals surface area contributed by atoms with Gasteiger partial charge in [0.15, 0.2) is 6.61 Å². The highest BCUT2D eigenvalue weighted by Crippen LogP contribution is 2.35. The number of carbonyl (C=O) groups is 6. The smallest absolute Gasteiger partial charge is 0.266 e. The Labute approximate surface area is 361 Å². The summed E-state index contributed by atoms with van der Waals surface area (Å²) in [4.78, 5) is 88.7. The maximum atomic E-state index is 14.7. The van der Waals surface area contributed by atoms with Crippen molar-refractivity contribution in [1.82, 2.24) is 29.8 Å². The third-order valence-electron chi connectivity index (χ3n) is 13.6. The fourth-order valence-electron chi connectivity index (χ4n) is 9.87. The number of halogens is 1. The predicted octanol–water partition coefficient (Wildman–Crippen LogP) is 3.81. The van der Waals surface area contributed by atoms with E-state index in [1.807, 2.05) is 17.9 Å². The first-order valence-corrected chi connectivity index (χ1v) is 21.9. The summed E-state index contributed by atoms with van der Waals surface area (Å²) in [6.07, 6.45) is 2.85. The number of aryl methyl sites for hydroxylation is 1. The summed E-state index contributed by atoms with van der Waals surface area (Å²) in [5.41, 5.74) is 4.29. The molecule has 0 aromatic heterocycles. The van der Waals surface area contributed by atoms with Gasteiger partial charge in [-0.05, 0) is 94.1 Å². The number of anilines is 1. The minimum Gasteiger partial charge on any atom is -0.483 e. The Balaban J connectivity index is 0.757. The van der Waals surface area contributed by atoms with Gasteiger partial charge in [-0.15, -0.1) is 0 Å². The molecule has 5 heterocycles. The van der Waals surface area contributed by atoms with Gasteiger partial charge in [-0.3, -0.25) is 43.9 Å². The van der Waals surface area contributed by atoms with Crippen LogP contribution in [0.3, 0.4) is 0 Å². The largest absolute Gasteiger partial charge is 0.483 e. The summed E-state index contributed by atoms with van der Waals surface area (Å²) < 4.78 is 20.5. The van der Waals surface area contributed by atoms with Gasteiger partial charge in [0.25, 0.3) is 17.7 Å². The van der Waals surface area contributed by atoms with Gasteiger partial charge < -0.3 is 24.3 Å². The quantitative estimate of drug-likeness (QED) is 0.268. The van der Waals surface area contributed by atoms with Crippen LogP contribution in [0.2, 0.25) is 0 Å². The number of hydrogen-bond acceptors (Lipinski definition) is 10. The molecule has 0 radical (unpaired) electrons. The number of fused-ring (bicyclic) bond motifs is 1. The highest BCUT2D eigenvalue weighted by molar-refractivity contribution is 6.24. The monoisotopic (exact) mass is 849 g/mol. The Hall–Kier alpha value is -5.67. The van der Waals surface area contributed by atoms with Gasteiger partial charge in [0.2, 0.25) is 17.7 Å². The summed E-state index contributed by atoms with van der Waals surface area (Å²) in [7, 11) is 4.24. The van der Waals surface area contributed by atoms with E-state index in [9.17, 15) is 33.2 Å². The Bertz CT molecular complexity index is 2200. The predicted molar refractivity (Wildman–Crippen MR) is 229 cm³/mol. The average molecular weight is 850 g/mol. The van der Waals surface area contributed by atoms with Crippen LogP contribution in [0.4, 0.5) is 10.1 Å². The van der Waals surface area contributed by atoms with E-state index in [1.165, 1.54) is 17.7 Å². The molecule has 3 aromatic carbocycles. The molecule has 0 saturated carbocycles. The molecule has 1 unspecified atom stereocenters. The molecule has 6 amide bonds. The van der Waals surface area contributed by atoms with Crippen molar-refractivity contribution in [2.45, 2.75) is 70.0 Å². The van der Waals surface area contributed by atoms with Crippen molar-refractivity contribution in [2.24, 2.45) is 5.92 Å². The molecule has 3 aromatic rings. The second-order valence-corrected chi connectivity index (χ2v) is 17.6. The molecule has 15 heteroatoms. The lowest BCUT2D eigenvalue weighted by Gasteiger charge is -2.37. The molecular weight excluding hydrogens is 794 g/mol. The second kappa shape index (κ2) is 18.4. The standard InChI is InChI=1S/C47H56FN7O7/c1-30-6-4-8-37(48)35(30)26-51-27-36(39(28-51)50(2)3)32-11-13-33(14-12-32)52-22-24-54(25-23-52)42(57)17-10-31-18-20-53(21-19-31)43(58)29-62-40-9-5-7-34-44(40)47(61)55(46(34)60)38-15-16-41(56)49-45(38)59/h4-9,11-14,31,36,38-39H,10,15-29H2,1-3H3,(H,49,56,59)/t36-,38?,39+/m1/s1. The zero-order chi connectivity index (χ0) is 43.7. The van der Waals surface area contributed by atoms with Crippen LogP contribution in [0.1, 0.15) is 81.8 Å². The van der Waals surface area contributed by atoms with Gasteiger partial charge in [-0.25, -0.2) is 4.39 Å². The Morgan fingerprint density at radius 3 is 2.23 bits per heavy atom. The summed E-state index contributed by atoms with van der Waals surface area (Å²) >= 11 is 0. The van der Waals surface area contributed by atoms with Gasteiger partial charge >= 0.3 is 0 Å². The first-order chi connectivity index (χ1) is 29.9. The van der Waals surface area contributed by atoms with E-state index in [0.717, 1.165) is 67.2 Å². The number of carbonyl (C=O) groups excluding carboxylic acids is 6. The van der Waals surface area contributed by atoms with Gasteiger partial charge in [0.1, 0.15) is 17.6 Å². The van der Waals surface area contributed by atoms with Crippen molar-refractivity contribution in [3.05, 3.63) is 94.3 Å². The first-order valence-electron chi connectivity index (χ1n) is 21.9. The zero-order valence-corrected chi connectivity index (χ0v) is 35.8. The third kappa shape index (κ3) is 8.96. The van der Waals surface area contributed by atoms with Crippen LogP contribution < -0.4 is 15.0 Å². The minimum atomic E-state index is -1.09. The van der Waals surface area contributed by atoms with Crippen LogP contribution in [0, 0.1) is 18.7 Å². The maximum Gasteiger partial charge on any atom is 0.266 e. The molecule has 1 N–H and O–H groups in total. The molecule has 0 spiro atoms. The number of rotatable bonds is 12. The third-order valence-corrected chi connectivity index (χ3v) is 13.6. The van der Waals surface area contributed by atoms with Crippen LogP contribution in [-0.4, -0.2) is 145 Å². The molecule has 0 aliphatic carbocycles. The Kier molecular flexibility index (Phi) is 12.7. The van der Waals surface area contributed by atoms with Gasteiger partial charge in [0.05, 0.1) is 11.1 Å². The highest BCUT2D eigenvalue weighted by Gasteiger charge is 2.46. The summed E-state index contributed by atoms with van der Waals surface area (Å²) in [6.45, 7) is 7.95. The fourth-order valence-corrected chi connectivity index (χ4v) is 9.87. The molecule has 8 rings (SSSR count). The van der Waals surface area contributed by atoms with E-state index in [0.29, 0.717) is 57.0 Å². The SMILES string of the molecule is Cc1cccc(F)c1CN1C[C@H](c2ccc(N3CCN(C(=O)CCC4CCN(C(=O)COc5cccc6c5C(=O)N(C5CCC(=O)NC5=O)C6=O)CC4)CC3)cc2)[C@@H](N(C)C)C1. The molecular formula is C47H56FN7O7. The van der Waals surface area contributed by atoms with Crippen molar-refractivity contribution in [2.75, 3.05) is 78.0 Å². The summed E-state index contributed by atoms with van der Waals surface area (Å²) in [5.74, 6) is -1.95. The first kappa shape index (κ1) is 43.0. The van der Waals surface area contributed by atoms with Gasteiger partial charge in [-0.2, -0.15) is 0 Å². The van der Waals surface area contributed by atoms with E-state index in [1.54, 1.807) is 23.1 Å². The lowest BCUT2D eigenvalue weighted by atomic mass is 9.92. The Morgan fingerprint density at radius 2 is 1.53 bits per heavy atom. The molecule has 62 heavy (non-hydrogen) atoms. The summed E-state index contributed by atoms with van der Waals surface area (Å²) in [5, 5.41) is 2.19. The molecule has 4 saturated heterocycles. The molecule has 3 atom stereocenters. The molecule has 4 fully saturated rings. The van der Waals surface area contributed by atoms with Crippen molar-refractivity contribution >= 4 is 41.1 Å². The Morgan fingerprint density at radius 1 is 0.823 bits per heavy atom. The number of piperidine rings is 2. The van der Waals surface area contributed by atoms with E-state index >= 15 is 0 Å². The average Bonchev–Trinajstić information content (AvgIpc) is 3.82. The summed E-state index contributed by atoms with van der Waals surface area (Å²) in [6, 6.07) is 18.0. The maximum absolute atomic E-state index is 14.7. The number of nitrogens with one attached hydrogen (secondary N) is 1. The van der Waals surface area contributed by atoms with Crippen molar-refractivity contribution in [3.63, 3.8) is 0 Å². The highest BCUT2D eigenvalue weighted by atomic mass is 19.1. The lowest BCUT2D eigenvalue weighted by molar-refractivity contribution is -0.136. The topological polar surface area (TPSA) is 143 Å². The number of imide groups is 2. The number of nitrogens with zero attached hydrogens (tertiary/aromatic N) is 6. The number of piperazine rings is 1. The van der Waals surface area contributed by atoms with Crippen molar-refractivity contribution in [3.8, 4) is 5.75 Å². The van der Waals surface area contributed by atoms with Crippen LogP contribution in [0.15, 0.2) is 60.7 Å². The molecule has 14 nitrogen and oxygen atoms in total. The van der Waals surface area contributed by atoms with Crippen LogP contribution >= 0.6 is 0 Å². The van der Waals surface area contributed by atoms with E-state index in [4.69, 9.17) is 4.74 Å². The molecule has 5 aliphatic rings. The van der Waals surface area contributed by atoms with Crippen LogP contribution in [0.25, 0.3) is 0 Å². The number of amides is 6. The van der Waals surface area contributed by atoms with Gasteiger partial charge in [-0.1, -0.05) is 30.3 Å². The molecule has 5 aliphatic heterocycles. The minimum absolute atomic E-state index is 0.00871. The number of likely N-dealkylation sites (tertiary alicyclic amines) is 2. The van der Waals surface area contributed by atoms with Crippen LogP contribution in [0.5, 0.6) is 5.75 Å². The molecule has 0 bridgehead atoms. The molecule has 328 valence electrons. The van der Waals surface area contributed by atoms with E-state index in [2.05, 4.69) is 58.4 Å². The number of likely N-dealkylation sites (N-methyl/N-ethyl adjacent to an activating group) is 1.